The maximum atomic E-state index is 13.2. The summed E-state index contributed by atoms with van der Waals surface area (Å²) in [7, 11) is 0. The van der Waals surface area contributed by atoms with Gasteiger partial charge in [-0.15, -0.1) is 0 Å². The van der Waals surface area contributed by atoms with Gasteiger partial charge in [-0.2, -0.15) is 5.26 Å². The summed E-state index contributed by atoms with van der Waals surface area (Å²) in [6, 6.07) is 17.8. The molecule has 0 radical (unpaired) electrons. The van der Waals surface area contributed by atoms with Crippen LogP contribution in [0.2, 0.25) is 0 Å². The fourth-order valence-electron chi connectivity index (χ4n) is 4.72. The van der Waals surface area contributed by atoms with Gasteiger partial charge in [-0.05, 0) is 42.7 Å². The van der Waals surface area contributed by atoms with E-state index >= 15 is 0 Å². The Balaban J connectivity index is 1.45. The van der Waals surface area contributed by atoms with E-state index in [1.165, 1.54) is 12.5 Å². The molecule has 1 atom stereocenters. The maximum Gasteiger partial charge on any atom is 0.257 e. The minimum atomic E-state index is -0.777. The average Bonchev–Trinajstić information content (AvgIpc) is 3.09. The Labute approximate surface area is 187 Å². The zero-order valence-corrected chi connectivity index (χ0v) is 18.1. The van der Waals surface area contributed by atoms with Crippen molar-refractivity contribution in [2.75, 3.05) is 18.0 Å². The highest BCUT2D eigenvalue weighted by Crippen LogP contribution is 2.29. The van der Waals surface area contributed by atoms with Crippen molar-refractivity contribution in [1.29, 1.82) is 5.26 Å². The van der Waals surface area contributed by atoms with E-state index in [4.69, 9.17) is 5.26 Å². The molecule has 0 saturated carbocycles. The molecule has 164 valence electrons. The topological polar surface area (TPSA) is 84.7 Å². The first-order chi connectivity index (χ1) is 15.5. The fourth-order valence-corrected chi connectivity index (χ4v) is 4.72. The third kappa shape index (κ3) is 4.41. The van der Waals surface area contributed by atoms with E-state index in [1.54, 1.807) is 29.2 Å². The molecule has 2 aromatic carbocycles. The van der Waals surface area contributed by atoms with Gasteiger partial charge in [-0.3, -0.25) is 19.3 Å². The van der Waals surface area contributed by atoms with Crippen LogP contribution in [-0.4, -0.2) is 52.7 Å². The van der Waals surface area contributed by atoms with Gasteiger partial charge in [0.2, 0.25) is 11.8 Å². The number of rotatable bonds is 5. The second kappa shape index (κ2) is 9.33. The van der Waals surface area contributed by atoms with Crippen molar-refractivity contribution >= 4 is 23.4 Å². The third-order valence-corrected chi connectivity index (χ3v) is 6.28. The number of nitrogens with zero attached hydrogens (tertiary/aromatic N) is 4. The number of hydrogen-bond acceptors (Lipinski definition) is 5. The fraction of sp³-hybridized carbons (Fsp3) is 0.360. The number of piperidine rings is 1. The number of amides is 3. The van der Waals surface area contributed by atoms with Crippen molar-refractivity contribution in [3.8, 4) is 6.07 Å². The molecule has 2 aliphatic heterocycles. The van der Waals surface area contributed by atoms with Gasteiger partial charge >= 0.3 is 0 Å². The van der Waals surface area contributed by atoms with Crippen molar-refractivity contribution in [2.45, 2.75) is 44.8 Å². The van der Waals surface area contributed by atoms with Crippen LogP contribution in [0.5, 0.6) is 0 Å². The molecule has 0 aromatic heterocycles. The molecule has 0 bridgehead atoms. The normalized spacial score (nSPS) is 19.8. The Morgan fingerprint density at radius 1 is 1.06 bits per heavy atom. The van der Waals surface area contributed by atoms with Crippen LogP contribution in [0.15, 0.2) is 54.6 Å². The van der Waals surface area contributed by atoms with Crippen molar-refractivity contribution in [3.05, 3.63) is 65.7 Å². The van der Waals surface area contributed by atoms with Gasteiger partial charge in [-0.1, -0.05) is 30.3 Å². The van der Waals surface area contributed by atoms with Crippen LogP contribution in [0, 0.1) is 11.3 Å². The van der Waals surface area contributed by atoms with E-state index in [1.807, 2.05) is 24.3 Å². The van der Waals surface area contributed by atoms with Crippen LogP contribution in [0.4, 0.5) is 5.69 Å². The van der Waals surface area contributed by atoms with E-state index in [-0.39, 0.29) is 30.2 Å². The summed E-state index contributed by atoms with van der Waals surface area (Å²) in [5.74, 6) is -0.876. The van der Waals surface area contributed by atoms with Crippen molar-refractivity contribution in [1.82, 2.24) is 9.80 Å². The van der Waals surface area contributed by atoms with Crippen LogP contribution >= 0.6 is 0 Å². The number of benzene rings is 2. The van der Waals surface area contributed by atoms with E-state index in [0.29, 0.717) is 11.3 Å². The number of nitriles is 1. The standard InChI is InChI=1S/C25H26N4O3/c1-18(30)28(22-11-13-27(14-12-22)17-20-5-3-2-4-6-20)23-15-24(31)29(25(23)32)21-9-7-19(16-26)8-10-21/h2-10,22-23H,11-15,17H2,1H3. The molecular formula is C25H26N4O3. The SMILES string of the molecule is CC(=O)N(C1CCN(Cc2ccccc2)CC1)C1CC(=O)N(c2ccc(C#N)cc2)C1=O. The molecular weight excluding hydrogens is 404 g/mol. The average molecular weight is 431 g/mol. The van der Waals surface area contributed by atoms with Gasteiger partial charge in [0.25, 0.3) is 5.91 Å². The van der Waals surface area contributed by atoms with Crippen molar-refractivity contribution < 1.29 is 14.4 Å². The molecule has 1 unspecified atom stereocenters. The molecule has 2 heterocycles. The Bertz CT molecular complexity index is 1040. The van der Waals surface area contributed by atoms with Crippen LogP contribution in [0.25, 0.3) is 0 Å². The highest BCUT2D eigenvalue weighted by molar-refractivity contribution is 6.23. The molecule has 0 aliphatic carbocycles. The maximum absolute atomic E-state index is 13.2. The number of carbonyl (C=O) groups excluding carboxylic acids is 3. The zero-order valence-electron chi connectivity index (χ0n) is 18.1. The summed E-state index contributed by atoms with van der Waals surface area (Å²) in [5, 5.41) is 8.97. The van der Waals surface area contributed by atoms with Gasteiger partial charge in [0.15, 0.2) is 0 Å². The van der Waals surface area contributed by atoms with Crippen LogP contribution in [0.1, 0.15) is 37.3 Å². The predicted octanol–water partition coefficient (Wildman–Crippen LogP) is 2.70. The lowest BCUT2D eigenvalue weighted by molar-refractivity contribution is -0.140. The highest BCUT2D eigenvalue weighted by atomic mass is 16.2. The molecule has 2 aromatic rings. The van der Waals surface area contributed by atoms with E-state index in [0.717, 1.165) is 37.4 Å². The van der Waals surface area contributed by atoms with Crippen molar-refractivity contribution in [3.63, 3.8) is 0 Å². The largest absolute Gasteiger partial charge is 0.327 e. The molecule has 0 N–H and O–H groups in total. The predicted molar refractivity (Wildman–Crippen MR) is 119 cm³/mol. The minimum Gasteiger partial charge on any atom is -0.327 e. The molecule has 32 heavy (non-hydrogen) atoms. The van der Waals surface area contributed by atoms with Gasteiger partial charge in [0, 0.05) is 32.6 Å². The van der Waals surface area contributed by atoms with Crippen LogP contribution in [-0.2, 0) is 20.9 Å². The third-order valence-electron chi connectivity index (χ3n) is 6.28. The van der Waals surface area contributed by atoms with E-state index < -0.39 is 6.04 Å². The summed E-state index contributed by atoms with van der Waals surface area (Å²) >= 11 is 0. The highest BCUT2D eigenvalue weighted by Gasteiger charge is 2.46. The number of hydrogen-bond donors (Lipinski definition) is 0. The molecule has 0 spiro atoms. The monoisotopic (exact) mass is 430 g/mol. The van der Waals surface area contributed by atoms with Gasteiger partial charge in [0.1, 0.15) is 6.04 Å². The van der Waals surface area contributed by atoms with Gasteiger partial charge in [-0.25, -0.2) is 4.90 Å². The Kier molecular flexibility index (Phi) is 6.33. The van der Waals surface area contributed by atoms with E-state index in [2.05, 4.69) is 17.0 Å². The lowest BCUT2D eigenvalue weighted by Crippen LogP contribution is -2.53. The zero-order chi connectivity index (χ0) is 22.7. The first-order valence-electron chi connectivity index (χ1n) is 10.9. The summed E-state index contributed by atoms with van der Waals surface area (Å²) in [5.41, 5.74) is 2.14. The summed E-state index contributed by atoms with van der Waals surface area (Å²) in [6.45, 7) is 3.99. The summed E-state index contributed by atoms with van der Waals surface area (Å²) < 4.78 is 0. The quantitative estimate of drug-likeness (QED) is 0.681. The Morgan fingerprint density at radius 3 is 2.31 bits per heavy atom. The lowest BCUT2D eigenvalue weighted by Gasteiger charge is -2.40. The summed E-state index contributed by atoms with van der Waals surface area (Å²) in [4.78, 5) is 43.6. The number of carbonyl (C=O) groups is 3. The van der Waals surface area contributed by atoms with Gasteiger partial charge < -0.3 is 4.90 Å². The molecule has 7 heteroatoms. The second-order valence-electron chi connectivity index (χ2n) is 8.37. The summed E-state index contributed by atoms with van der Waals surface area (Å²) in [6.07, 6.45) is 1.52. The van der Waals surface area contributed by atoms with Crippen LogP contribution < -0.4 is 4.90 Å². The first kappa shape index (κ1) is 21.7. The molecule has 4 rings (SSSR count). The van der Waals surface area contributed by atoms with Crippen molar-refractivity contribution in [2.24, 2.45) is 0 Å². The first-order valence-corrected chi connectivity index (χ1v) is 10.9. The molecule has 2 fully saturated rings. The van der Waals surface area contributed by atoms with Crippen LogP contribution in [0.3, 0.4) is 0 Å². The molecule has 2 saturated heterocycles. The molecule has 2 aliphatic rings. The molecule has 7 nitrogen and oxygen atoms in total. The smallest absolute Gasteiger partial charge is 0.257 e. The minimum absolute atomic E-state index is 0.0113. The number of imide groups is 1. The van der Waals surface area contributed by atoms with Gasteiger partial charge in [0.05, 0.1) is 23.7 Å². The Morgan fingerprint density at radius 2 is 1.72 bits per heavy atom. The number of likely N-dealkylation sites (tertiary alicyclic amines) is 1. The second-order valence-corrected chi connectivity index (χ2v) is 8.37. The number of anilines is 1. The van der Waals surface area contributed by atoms with E-state index in [9.17, 15) is 14.4 Å². The Hall–Kier alpha value is -3.50. The molecule has 3 amide bonds. The lowest BCUT2D eigenvalue weighted by atomic mass is 9.99.